The molecule has 0 spiro atoms. The fraction of sp³-hybridized carbons (Fsp3) is 0.0833. The second-order valence-electron chi connectivity index (χ2n) is 3.42. The molecule has 0 unspecified atom stereocenters. The number of benzene rings is 1. The Labute approximate surface area is 111 Å². The summed E-state index contributed by atoms with van der Waals surface area (Å²) in [6, 6.07) is 9.95. The number of hydrogen-bond acceptors (Lipinski definition) is 2. The zero-order valence-electron chi connectivity index (χ0n) is 8.67. The number of rotatable bonds is 2. The summed E-state index contributed by atoms with van der Waals surface area (Å²) in [6.45, 7) is 2.04. The summed E-state index contributed by atoms with van der Waals surface area (Å²) < 4.78 is 2.06. The normalized spacial score (nSPS) is 10.2. The molecule has 0 bridgehead atoms. The molecule has 1 N–H and O–H groups in total. The number of nitrogens with zero attached hydrogens (tertiary/aromatic N) is 1. The van der Waals surface area contributed by atoms with E-state index < -0.39 is 0 Å². The van der Waals surface area contributed by atoms with Crippen molar-refractivity contribution in [3.63, 3.8) is 0 Å². The molecule has 0 amide bonds. The molecular formula is C12H10Br2N2. The summed E-state index contributed by atoms with van der Waals surface area (Å²) in [5, 5.41) is 3.26. The van der Waals surface area contributed by atoms with Crippen LogP contribution in [-0.2, 0) is 0 Å². The number of aryl methyl sites for hydroxylation is 1. The lowest BCUT2D eigenvalue weighted by atomic mass is 10.3. The maximum absolute atomic E-state index is 4.29. The fourth-order valence-electron chi connectivity index (χ4n) is 1.30. The molecule has 0 aliphatic heterocycles. The van der Waals surface area contributed by atoms with Crippen molar-refractivity contribution in [2.45, 2.75) is 6.92 Å². The van der Waals surface area contributed by atoms with E-state index >= 15 is 0 Å². The first kappa shape index (κ1) is 11.6. The average molecular weight is 342 g/mol. The highest BCUT2D eigenvalue weighted by Crippen LogP contribution is 2.26. The van der Waals surface area contributed by atoms with Crippen molar-refractivity contribution < 1.29 is 0 Å². The summed E-state index contributed by atoms with van der Waals surface area (Å²) >= 11 is 6.92. The van der Waals surface area contributed by atoms with Crippen molar-refractivity contribution in [3.8, 4) is 0 Å². The van der Waals surface area contributed by atoms with Crippen molar-refractivity contribution in [2.24, 2.45) is 0 Å². The quantitative estimate of drug-likeness (QED) is 0.859. The van der Waals surface area contributed by atoms with Gasteiger partial charge in [0.25, 0.3) is 0 Å². The van der Waals surface area contributed by atoms with Crippen LogP contribution in [0.2, 0.25) is 0 Å². The third kappa shape index (κ3) is 2.62. The Bertz CT molecular complexity index is 495. The highest BCUT2D eigenvalue weighted by Gasteiger charge is 2.03. The molecule has 0 aliphatic carbocycles. The molecule has 0 fully saturated rings. The maximum atomic E-state index is 4.29. The number of hydrogen-bond donors (Lipinski definition) is 1. The first-order valence-electron chi connectivity index (χ1n) is 4.80. The number of anilines is 2. The molecule has 16 heavy (non-hydrogen) atoms. The molecule has 0 atom stereocenters. The number of halogens is 2. The topological polar surface area (TPSA) is 24.9 Å². The largest absolute Gasteiger partial charge is 0.339 e. The van der Waals surface area contributed by atoms with Crippen molar-refractivity contribution in [3.05, 3.63) is 51.0 Å². The van der Waals surface area contributed by atoms with Crippen molar-refractivity contribution in [1.82, 2.24) is 4.98 Å². The van der Waals surface area contributed by atoms with Gasteiger partial charge in [-0.15, -0.1) is 0 Å². The Hall–Kier alpha value is -0.870. The van der Waals surface area contributed by atoms with E-state index in [9.17, 15) is 0 Å². The van der Waals surface area contributed by atoms with Gasteiger partial charge in [-0.3, -0.25) is 0 Å². The minimum Gasteiger partial charge on any atom is -0.339 e. The van der Waals surface area contributed by atoms with E-state index in [2.05, 4.69) is 42.2 Å². The third-order valence-corrected chi connectivity index (χ3v) is 3.72. The molecule has 0 aliphatic rings. The van der Waals surface area contributed by atoms with E-state index in [0.717, 1.165) is 26.0 Å². The monoisotopic (exact) mass is 340 g/mol. The molecule has 0 radical (unpaired) electrons. The minimum absolute atomic E-state index is 0.835. The van der Waals surface area contributed by atoms with Gasteiger partial charge in [0.15, 0.2) is 0 Å². The molecule has 2 nitrogen and oxygen atoms in total. The summed E-state index contributed by atoms with van der Waals surface area (Å²) in [4.78, 5) is 4.29. The standard InChI is InChI=1S/C12H10Br2N2/c1-8-6-7-15-12(11(8)14)16-10-4-2-9(13)3-5-10/h2-7H,1H3,(H,15,16). The lowest BCUT2D eigenvalue weighted by Gasteiger charge is -2.08. The van der Waals surface area contributed by atoms with Gasteiger partial charge in [-0.25, -0.2) is 4.98 Å². The predicted molar refractivity (Wildman–Crippen MR) is 74.1 cm³/mol. The second kappa shape index (κ2) is 4.97. The van der Waals surface area contributed by atoms with E-state index in [-0.39, 0.29) is 0 Å². The number of nitrogens with one attached hydrogen (secondary N) is 1. The average Bonchev–Trinajstić information content (AvgIpc) is 2.28. The van der Waals surface area contributed by atoms with E-state index in [1.165, 1.54) is 0 Å². The Morgan fingerprint density at radius 1 is 1.06 bits per heavy atom. The van der Waals surface area contributed by atoms with Crippen LogP contribution in [-0.4, -0.2) is 4.98 Å². The zero-order valence-corrected chi connectivity index (χ0v) is 11.8. The van der Waals surface area contributed by atoms with Gasteiger partial charge >= 0.3 is 0 Å². The van der Waals surface area contributed by atoms with Gasteiger partial charge in [0.1, 0.15) is 5.82 Å². The van der Waals surface area contributed by atoms with E-state index in [4.69, 9.17) is 0 Å². The number of aromatic nitrogens is 1. The van der Waals surface area contributed by atoms with E-state index in [1.807, 2.05) is 37.3 Å². The molecule has 1 heterocycles. The SMILES string of the molecule is Cc1ccnc(Nc2ccc(Br)cc2)c1Br. The molecule has 1 aromatic carbocycles. The van der Waals surface area contributed by atoms with Gasteiger partial charge in [-0.2, -0.15) is 0 Å². The van der Waals surface area contributed by atoms with Crippen LogP contribution in [0.25, 0.3) is 0 Å². The highest BCUT2D eigenvalue weighted by molar-refractivity contribution is 9.11. The fourth-order valence-corrected chi connectivity index (χ4v) is 1.90. The van der Waals surface area contributed by atoms with Gasteiger partial charge in [0.2, 0.25) is 0 Å². The second-order valence-corrected chi connectivity index (χ2v) is 5.13. The summed E-state index contributed by atoms with van der Waals surface area (Å²) in [5.41, 5.74) is 2.18. The smallest absolute Gasteiger partial charge is 0.144 e. The van der Waals surface area contributed by atoms with Crippen LogP contribution in [0.15, 0.2) is 45.5 Å². The number of pyridine rings is 1. The van der Waals surface area contributed by atoms with Crippen molar-refractivity contribution in [1.29, 1.82) is 0 Å². The Balaban J connectivity index is 2.27. The van der Waals surface area contributed by atoms with Crippen LogP contribution in [0.1, 0.15) is 5.56 Å². The molecular weight excluding hydrogens is 332 g/mol. The molecule has 1 aromatic heterocycles. The van der Waals surface area contributed by atoms with Gasteiger partial charge < -0.3 is 5.32 Å². The van der Waals surface area contributed by atoms with Crippen LogP contribution in [0.3, 0.4) is 0 Å². The summed E-state index contributed by atoms with van der Waals surface area (Å²) in [6.07, 6.45) is 1.79. The van der Waals surface area contributed by atoms with Crippen LogP contribution in [0.4, 0.5) is 11.5 Å². The molecule has 2 aromatic rings. The lowest BCUT2D eigenvalue weighted by molar-refractivity contribution is 1.25. The predicted octanol–water partition coefficient (Wildman–Crippen LogP) is 4.66. The van der Waals surface area contributed by atoms with E-state index in [0.29, 0.717) is 0 Å². The summed E-state index contributed by atoms with van der Waals surface area (Å²) in [7, 11) is 0. The highest BCUT2D eigenvalue weighted by atomic mass is 79.9. The Morgan fingerprint density at radius 3 is 2.44 bits per heavy atom. The molecule has 4 heteroatoms. The van der Waals surface area contributed by atoms with Crippen LogP contribution in [0.5, 0.6) is 0 Å². The van der Waals surface area contributed by atoms with Crippen LogP contribution >= 0.6 is 31.9 Å². The Kier molecular flexibility index (Phi) is 3.61. The minimum atomic E-state index is 0.835. The molecule has 0 saturated heterocycles. The molecule has 2 rings (SSSR count). The first-order chi connectivity index (χ1) is 7.66. The zero-order chi connectivity index (χ0) is 11.5. The lowest BCUT2D eigenvalue weighted by Crippen LogP contribution is -1.95. The van der Waals surface area contributed by atoms with Gasteiger partial charge in [0, 0.05) is 16.4 Å². The summed E-state index contributed by atoms with van der Waals surface area (Å²) in [5.74, 6) is 0.835. The first-order valence-corrected chi connectivity index (χ1v) is 6.39. The van der Waals surface area contributed by atoms with Crippen molar-refractivity contribution >= 4 is 43.4 Å². The van der Waals surface area contributed by atoms with Gasteiger partial charge in [0.05, 0.1) is 4.47 Å². The third-order valence-electron chi connectivity index (χ3n) is 2.19. The van der Waals surface area contributed by atoms with Crippen LogP contribution in [0, 0.1) is 6.92 Å². The van der Waals surface area contributed by atoms with Crippen molar-refractivity contribution in [2.75, 3.05) is 5.32 Å². The van der Waals surface area contributed by atoms with E-state index in [1.54, 1.807) is 6.20 Å². The molecule has 0 saturated carbocycles. The molecule has 82 valence electrons. The Morgan fingerprint density at radius 2 is 1.75 bits per heavy atom. The maximum Gasteiger partial charge on any atom is 0.144 e. The van der Waals surface area contributed by atoms with Gasteiger partial charge in [-0.05, 0) is 58.7 Å². The van der Waals surface area contributed by atoms with Crippen LogP contribution < -0.4 is 5.32 Å². The van der Waals surface area contributed by atoms with Gasteiger partial charge in [-0.1, -0.05) is 15.9 Å².